The van der Waals surface area contributed by atoms with Gasteiger partial charge in [-0.2, -0.15) is 0 Å². The molecular weight excluding hydrogens is 248 g/mol. The van der Waals surface area contributed by atoms with Gasteiger partial charge in [0.2, 0.25) is 0 Å². The molecule has 4 fully saturated rings. The zero-order valence-corrected chi connectivity index (χ0v) is 13.2. The van der Waals surface area contributed by atoms with Gasteiger partial charge < -0.3 is 14.1 Å². The average Bonchev–Trinajstić information content (AvgIpc) is 3.16. The SMILES string of the molecule is C[N+]1(CCCC[N+]23CCC24CC4C(O)C3)CCCCC1. The van der Waals surface area contributed by atoms with Crippen molar-refractivity contribution in [1.82, 2.24) is 0 Å². The van der Waals surface area contributed by atoms with Crippen LogP contribution in [0.5, 0.6) is 0 Å². The summed E-state index contributed by atoms with van der Waals surface area (Å²) < 4.78 is 2.64. The molecule has 4 atom stereocenters. The number of rotatable bonds is 5. The summed E-state index contributed by atoms with van der Waals surface area (Å²) in [4.78, 5) is 0. The Morgan fingerprint density at radius 3 is 2.40 bits per heavy atom. The summed E-state index contributed by atoms with van der Waals surface area (Å²) in [5, 5.41) is 10.2. The molecule has 1 N–H and O–H groups in total. The summed E-state index contributed by atoms with van der Waals surface area (Å²) in [6.45, 7) is 8.00. The third-order valence-corrected chi connectivity index (χ3v) is 7.45. The highest BCUT2D eigenvalue weighted by atomic mass is 16.3. The molecule has 4 aliphatic rings. The fraction of sp³-hybridized carbons (Fsp3) is 1.00. The molecule has 0 aromatic carbocycles. The van der Waals surface area contributed by atoms with Crippen LogP contribution >= 0.6 is 0 Å². The van der Waals surface area contributed by atoms with Crippen LogP contribution in [0.3, 0.4) is 0 Å². The monoisotopic (exact) mass is 280 g/mol. The Labute approximate surface area is 123 Å². The molecule has 3 heteroatoms. The minimum absolute atomic E-state index is 0.0316. The number of nitrogens with zero attached hydrogens (tertiary/aromatic N) is 2. The predicted molar refractivity (Wildman–Crippen MR) is 80.2 cm³/mol. The fourth-order valence-electron chi connectivity index (χ4n) is 5.96. The van der Waals surface area contributed by atoms with E-state index in [1.165, 1.54) is 86.6 Å². The second-order valence-corrected chi connectivity index (χ2v) is 8.56. The number of unbranched alkanes of at least 4 members (excludes halogenated alkanes) is 1. The van der Waals surface area contributed by atoms with Gasteiger partial charge in [-0.05, 0) is 19.3 Å². The highest BCUT2D eigenvalue weighted by Gasteiger charge is 2.80. The second-order valence-electron chi connectivity index (χ2n) is 8.56. The molecular formula is C17H32N2O+2. The molecule has 1 spiro atoms. The van der Waals surface area contributed by atoms with Gasteiger partial charge in [0.1, 0.15) is 18.2 Å². The van der Waals surface area contributed by atoms with Crippen molar-refractivity contribution in [3.63, 3.8) is 0 Å². The Balaban J connectivity index is 1.26. The molecule has 20 heavy (non-hydrogen) atoms. The van der Waals surface area contributed by atoms with Gasteiger partial charge in [-0.25, -0.2) is 0 Å². The minimum Gasteiger partial charge on any atom is -0.387 e. The summed E-state index contributed by atoms with van der Waals surface area (Å²) >= 11 is 0. The van der Waals surface area contributed by atoms with E-state index < -0.39 is 0 Å². The van der Waals surface area contributed by atoms with Crippen molar-refractivity contribution in [1.29, 1.82) is 0 Å². The van der Waals surface area contributed by atoms with Crippen molar-refractivity contribution in [3.8, 4) is 0 Å². The lowest BCUT2D eigenvalue weighted by Gasteiger charge is -2.51. The summed E-state index contributed by atoms with van der Waals surface area (Å²) in [6, 6.07) is 0. The first-order valence-electron chi connectivity index (χ1n) is 8.97. The maximum atomic E-state index is 10.2. The molecule has 0 aromatic heterocycles. The zero-order valence-electron chi connectivity index (χ0n) is 13.2. The molecule has 0 bridgehead atoms. The van der Waals surface area contributed by atoms with Crippen LogP contribution in [0, 0.1) is 5.92 Å². The minimum atomic E-state index is 0.0316. The molecule has 0 amide bonds. The van der Waals surface area contributed by atoms with Crippen molar-refractivity contribution < 1.29 is 14.1 Å². The summed E-state index contributed by atoms with van der Waals surface area (Å²) in [6.07, 6.45) is 9.88. The van der Waals surface area contributed by atoms with Crippen LogP contribution in [0.2, 0.25) is 0 Å². The Morgan fingerprint density at radius 2 is 1.80 bits per heavy atom. The van der Waals surface area contributed by atoms with Crippen molar-refractivity contribution in [2.45, 2.75) is 56.6 Å². The Bertz CT molecular complexity index is 392. The Kier molecular flexibility index (Phi) is 3.00. The van der Waals surface area contributed by atoms with Crippen LogP contribution in [0.15, 0.2) is 0 Å². The van der Waals surface area contributed by atoms with Crippen molar-refractivity contribution in [3.05, 3.63) is 0 Å². The second kappa shape index (κ2) is 4.44. The van der Waals surface area contributed by atoms with Gasteiger partial charge >= 0.3 is 0 Å². The predicted octanol–water partition coefficient (Wildman–Crippen LogP) is 1.75. The lowest BCUT2D eigenvalue weighted by Crippen LogP contribution is -2.66. The van der Waals surface area contributed by atoms with Gasteiger partial charge in [-0.1, -0.05) is 0 Å². The molecule has 3 aliphatic heterocycles. The van der Waals surface area contributed by atoms with Gasteiger partial charge in [0, 0.05) is 19.3 Å². The highest BCUT2D eigenvalue weighted by Crippen LogP contribution is 2.67. The van der Waals surface area contributed by atoms with E-state index in [4.69, 9.17) is 0 Å². The smallest absolute Gasteiger partial charge is 0.112 e. The van der Waals surface area contributed by atoms with Crippen LogP contribution in [-0.4, -0.2) is 72.0 Å². The molecule has 4 unspecified atom stereocenters. The fourth-order valence-corrected chi connectivity index (χ4v) is 5.96. The van der Waals surface area contributed by atoms with Crippen LogP contribution in [-0.2, 0) is 0 Å². The maximum Gasteiger partial charge on any atom is 0.112 e. The largest absolute Gasteiger partial charge is 0.387 e. The zero-order chi connectivity index (χ0) is 13.8. The Hall–Kier alpha value is -0.120. The van der Waals surface area contributed by atoms with Crippen molar-refractivity contribution in [2.24, 2.45) is 5.92 Å². The lowest BCUT2D eigenvalue weighted by atomic mass is 9.95. The van der Waals surface area contributed by atoms with Gasteiger partial charge in [0.05, 0.1) is 52.1 Å². The molecule has 0 aromatic rings. The van der Waals surface area contributed by atoms with Gasteiger partial charge in [0.25, 0.3) is 0 Å². The first kappa shape index (κ1) is 13.5. The van der Waals surface area contributed by atoms with E-state index in [0.29, 0.717) is 11.5 Å². The van der Waals surface area contributed by atoms with E-state index in [1.807, 2.05) is 0 Å². The number of piperidine rings is 2. The number of quaternary nitrogens is 2. The molecule has 1 saturated carbocycles. The highest BCUT2D eigenvalue weighted by molar-refractivity contribution is 5.17. The van der Waals surface area contributed by atoms with E-state index in [1.54, 1.807) is 0 Å². The average molecular weight is 280 g/mol. The van der Waals surface area contributed by atoms with E-state index in [9.17, 15) is 5.11 Å². The lowest BCUT2D eigenvalue weighted by molar-refractivity contribution is -0.994. The normalized spacial score (nSPS) is 48.3. The number of likely N-dealkylation sites (tertiary alicyclic amines) is 1. The van der Waals surface area contributed by atoms with E-state index in [2.05, 4.69) is 7.05 Å². The summed E-state index contributed by atoms with van der Waals surface area (Å²) in [7, 11) is 2.47. The standard InChI is InChI=1S/C17H32N2O/c1-18(8-3-2-4-9-18)10-5-6-11-19-12-7-17(19)13-15(17)16(20)14-19/h15-16,20H,2-14H2,1H3/q+2. The van der Waals surface area contributed by atoms with Crippen LogP contribution in [0.25, 0.3) is 0 Å². The number of aliphatic hydroxyl groups excluding tert-OH is 1. The topological polar surface area (TPSA) is 20.2 Å². The molecule has 3 nitrogen and oxygen atoms in total. The molecule has 114 valence electrons. The maximum absolute atomic E-state index is 10.2. The van der Waals surface area contributed by atoms with Crippen molar-refractivity contribution >= 4 is 0 Å². The van der Waals surface area contributed by atoms with Crippen LogP contribution in [0.4, 0.5) is 0 Å². The molecule has 3 heterocycles. The van der Waals surface area contributed by atoms with Crippen LogP contribution in [0.1, 0.15) is 44.9 Å². The third-order valence-electron chi connectivity index (χ3n) is 7.45. The number of hydrogen-bond acceptors (Lipinski definition) is 1. The first-order chi connectivity index (χ1) is 9.59. The third kappa shape index (κ3) is 1.82. The van der Waals surface area contributed by atoms with E-state index >= 15 is 0 Å². The van der Waals surface area contributed by atoms with Gasteiger partial charge in [0.15, 0.2) is 0 Å². The summed E-state index contributed by atoms with van der Waals surface area (Å²) in [5.41, 5.74) is 0.586. The molecule has 0 radical (unpaired) electrons. The van der Waals surface area contributed by atoms with Crippen LogP contribution < -0.4 is 0 Å². The quantitative estimate of drug-likeness (QED) is 0.601. The van der Waals surface area contributed by atoms with Gasteiger partial charge in [-0.15, -0.1) is 0 Å². The van der Waals surface area contributed by atoms with E-state index in [0.717, 1.165) is 6.54 Å². The van der Waals surface area contributed by atoms with Gasteiger partial charge in [-0.3, -0.25) is 0 Å². The van der Waals surface area contributed by atoms with E-state index in [-0.39, 0.29) is 6.10 Å². The summed E-state index contributed by atoms with van der Waals surface area (Å²) in [5.74, 6) is 0.683. The number of hydrogen-bond donors (Lipinski definition) is 1. The van der Waals surface area contributed by atoms with Crippen molar-refractivity contribution in [2.75, 3.05) is 46.3 Å². The molecule has 1 aliphatic carbocycles. The first-order valence-corrected chi connectivity index (χ1v) is 8.97. The number of aliphatic hydroxyl groups is 1. The molecule has 4 rings (SSSR count). The Morgan fingerprint density at radius 1 is 1.05 bits per heavy atom. The molecule has 3 saturated heterocycles.